The summed E-state index contributed by atoms with van der Waals surface area (Å²) in [5.74, 6) is -0.297. The first kappa shape index (κ1) is 22.9. The van der Waals surface area contributed by atoms with Gasteiger partial charge >= 0.3 is 5.97 Å². The molecule has 4 rings (SSSR count). The van der Waals surface area contributed by atoms with Gasteiger partial charge in [-0.05, 0) is 54.7 Å². The molecule has 1 aliphatic carbocycles. The maximum atomic E-state index is 12.9. The number of aryl methyl sites for hydroxylation is 1. The summed E-state index contributed by atoms with van der Waals surface area (Å²) < 4.78 is 10.8. The molecular weight excluding hydrogens is 456 g/mol. The Balaban J connectivity index is 1.41. The lowest BCUT2D eigenvalue weighted by Gasteiger charge is -2.13. The number of benzene rings is 2. The summed E-state index contributed by atoms with van der Waals surface area (Å²) in [5, 5.41) is 6.43. The van der Waals surface area contributed by atoms with Crippen LogP contribution in [0.15, 0.2) is 54.6 Å². The molecule has 2 N–H and O–H groups in total. The number of carbonyl (C=O) groups is 2. The Morgan fingerprint density at radius 3 is 2.61 bits per heavy atom. The second kappa shape index (κ2) is 10.6. The highest BCUT2D eigenvalue weighted by molar-refractivity contribution is 7.80. The zero-order valence-corrected chi connectivity index (χ0v) is 19.8. The molecule has 1 heterocycles. The molecule has 1 aliphatic rings. The summed E-state index contributed by atoms with van der Waals surface area (Å²) in [6.07, 6.45) is 3.52. The van der Waals surface area contributed by atoms with E-state index in [0.717, 1.165) is 41.7 Å². The first-order valence-electron chi connectivity index (χ1n) is 10.7. The van der Waals surface area contributed by atoms with Crippen molar-refractivity contribution in [1.29, 1.82) is 0 Å². The number of methoxy groups -OCH3 is 1. The van der Waals surface area contributed by atoms with E-state index in [1.54, 1.807) is 18.2 Å². The van der Waals surface area contributed by atoms with Gasteiger partial charge in [-0.2, -0.15) is 0 Å². The van der Waals surface area contributed by atoms with E-state index >= 15 is 0 Å². The van der Waals surface area contributed by atoms with Gasteiger partial charge in [0.1, 0.15) is 10.8 Å². The third kappa shape index (κ3) is 5.40. The Morgan fingerprint density at radius 2 is 1.82 bits per heavy atom. The standard InChI is InChI=1S/C25H24N2O4S2/c1-30-24(29)21-18-11-7-13-20(18)33-23(21)27-25(32)26-22(28)17-10-5-6-12-19(17)31-15-14-16-8-3-2-4-9-16/h2-6,8-10,12H,7,11,13-15H2,1H3,(H2,26,27,28,32). The minimum absolute atomic E-state index is 0.115. The maximum Gasteiger partial charge on any atom is 0.341 e. The number of nitrogens with one attached hydrogen (secondary N) is 2. The number of para-hydroxylation sites is 1. The number of hydrogen-bond acceptors (Lipinski definition) is 6. The number of ether oxygens (including phenoxy) is 2. The van der Waals surface area contributed by atoms with Crippen molar-refractivity contribution in [2.24, 2.45) is 0 Å². The Kier molecular flexibility index (Phi) is 7.36. The van der Waals surface area contributed by atoms with Gasteiger partial charge in [0.25, 0.3) is 5.91 Å². The molecule has 2 aromatic carbocycles. The fraction of sp³-hybridized carbons (Fsp3) is 0.240. The first-order chi connectivity index (χ1) is 16.1. The minimum Gasteiger partial charge on any atom is -0.492 e. The fourth-order valence-electron chi connectivity index (χ4n) is 3.82. The van der Waals surface area contributed by atoms with Gasteiger partial charge < -0.3 is 14.8 Å². The number of fused-ring (bicyclic) bond motifs is 1. The monoisotopic (exact) mass is 480 g/mol. The number of rotatable bonds is 7. The van der Waals surface area contributed by atoms with Crippen molar-refractivity contribution >= 4 is 45.5 Å². The van der Waals surface area contributed by atoms with Crippen LogP contribution in [0.3, 0.4) is 0 Å². The zero-order chi connectivity index (χ0) is 23.2. The van der Waals surface area contributed by atoms with Crippen molar-refractivity contribution < 1.29 is 19.1 Å². The SMILES string of the molecule is COC(=O)c1c(NC(=S)NC(=O)c2ccccc2OCCc2ccccc2)sc2c1CCC2. The number of thiophene rings is 1. The largest absolute Gasteiger partial charge is 0.492 e. The lowest BCUT2D eigenvalue weighted by molar-refractivity contribution is 0.0601. The van der Waals surface area contributed by atoms with Gasteiger partial charge in [-0.3, -0.25) is 10.1 Å². The van der Waals surface area contributed by atoms with E-state index in [0.29, 0.717) is 28.5 Å². The number of carbonyl (C=O) groups excluding carboxylic acids is 2. The molecule has 0 saturated carbocycles. The summed E-state index contributed by atoms with van der Waals surface area (Å²) in [5.41, 5.74) is 3.07. The lowest BCUT2D eigenvalue weighted by atomic mass is 10.1. The molecule has 1 aromatic heterocycles. The summed E-state index contributed by atoms with van der Waals surface area (Å²) in [6, 6.07) is 17.1. The van der Waals surface area contributed by atoms with Gasteiger partial charge in [0.05, 0.1) is 24.8 Å². The molecule has 0 aliphatic heterocycles. The van der Waals surface area contributed by atoms with Crippen LogP contribution in [-0.2, 0) is 24.0 Å². The maximum absolute atomic E-state index is 12.9. The third-order valence-electron chi connectivity index (χ3n) is 5.39. The summed E-state index contributed by atoms with van der Waals surface area (Å²) >= 11 is 6.85. The van der Waals surface area contributed by atoms with E-state index in [1.807, 2.05) is 36.4 Å². The highest BCUT2D eigenvalue weighted by atomic mass is 32.1. The van der Waals surface area contributed by atoms with Crippen molar-refractivity contribution in [3.05, 3.63) is 81.7 Å². The molecule has 0 radical (unpaired) electrons. The smallest absolute Gasteiger partial charge is 0.341 e. The number of amides is 1. The Labute approximate surface area is 201 Å². The first-order valence-corrected chi connectivity index (χ1v) is 11.9. The van der Waals surface area contributed by atoms with Crippen LogP contribution in [0.1, 0.15) is 43.1 Å². The Morgan fingerprint density at radius 1 is 1.06 bits per heavy atom. The number of esters is 1. The Bertz CT molecular complexity index is 1170. The highest BCUT2D eigenvalue weighted by Gasteiger charge is 2.28. The summed E-state index contributed by atoms with van der Waals surface area (Å²) in [6.45, 7) is 0.445. The molecule has 0 atom stereocenters. The van der Waals surface area contributed by atoms with Crippen LogP contribution in [0.25, 0.3) is 0 Å². The predicted octanol–water partition coefficient (Wildman–Crippen LogP) is 4.77. The van der Waals surface area contributed by atoms with E-state index < -0.39 is 5.97 Å². The molecule has 0 bridgehead atoms. The normalized spacial score (nSPS) is 12.0. The van der Waals surface area contributed by atoms with E-state index in [9.17, 15) is 9.59 Å². The number of hydrogen-bond donors (Lipinski definition) is 2. The Hall–Kier alpha value is -3.23. The van der Waals surface area contributed by atoms with Gasteiger partial charge in [0.2, 0.25) is 0 Å². The van der Waals surface area contributed by atoms with Gasteiger partial charge in [0.15, 0.2) is 5.11 Å². The van der Waals surface area contributed by atoms with Crippen molar-refractivity contribution in [3.8, 4) is 5.75 Å². The van der Waals surface area contributed by atoms with Gasteiger partial charge in [0, 0.05) is 11.3 Å². The quantitative estimate of drug-likeness (QED) is 0.375. The third-order valence-corrected chi connectivity index (χ3v) is 6.80. The van der Waals surface area contributed by atoms with Gasteiger partial charge in [-0.25, -0.2) is 4.79 Å². The van der Waals surface area contributed by atoms with E-state index in [4.69, 9.17) is 21.7 Å². The van der Waals surface area contributed by atoms with E-state index in [-0.39, 0.29) is 11.0 Å². The summed E-state index contributed by atoms with van der Waals surface area (Å²) in [4.78, 5) is 26.4. The molecule has 6 nitrogen and oxygen atoms in total. The zero-order valence-electron chi connectivity index (χ0n) is 18.2. The fourth-order valence-corrected chi connectivity index (χ4v) is 5.36. The summed E-state index contributed by atoms with van der Waals surface area (Å²) in [7, 11) is 1.36. The molecule has 0 spiro atoms. The molecular formula is C25H24N2O4S2. The molecule has 0 unspecified atom stereocenters. The average Bonchev–Trinajstić information content (AvgIpc) is 3.40. The molecule has 3 aromatic rings. The minimum atomic E-state index is -0.400. The molecule has 1 amide bonds. The van der Waals surface area contributed by atoms with Crippen LogP contribution in [-0.4, -0.2) is 30.7 Å². The molecule has 0 fully saturated rings. The molecule has 170 valence electrons. The van der Waals surface area contributed by atoms with Crippen LogP contribution in [0, 0.1) is 0 Å². The van der Waals surface area contributed by atoms with Crippen LogP contribution in [0.4, 0.5) is 5.00 Å². The molecule has 0 saturated heterocycles. The van der Waals surface area contributed by atoms with Crippen molar-refractivity contribution in [2.75, 3.05) is 19.0 Å². The van der Waals surface area contributed by atoms with Crippen LogP contribution in [0.2, 0.25) is 0 Å². The van der Waals surface area contributed by atoms with E-state index in [2.05, 4.69) is 10.6 Å². The van der Waals surface area contributed by atoms with Crippen molar-refractivity contribution in [1.82, 2.24) is 5.32 Å². The number of anilines is 1. The topological polar surface area (TPSA) is 76.7 Å². The van der Waals surface area contributed by atoms with Gasteiger partial charge in [-0.1, -0.05) is 42.5 Å². The molecule has 8 heteroatoms. The molecule has 33 heavy (non-hydrogen) atoms. The average molecular weight is 481 g/mol. The van der Waals surface area contributed by atoms with Crippen LogP contribution in [0.5, 0.6) is 5.75 Å². The van der Waals surface area contributed by atoms with Crippen molar-refractivity contribution in [2.45, 2.75) is 25.7 Å². The van der Waals surface area contributed by atoms with Crippen molar-refractivity contribution in [3.63, 3.8) is 0 Å². The number of thiocarbonyl (C=S) groups is 1. The van der Waals surface area contributed by atoms with Gasteiger partial charge in [-0.15, -0.1) is 11.3 Å². The second-order valence-electron chi connectivity index (χ2n) is 7.54. The second-order valence-corrected chi connectivity index (χ2v) is 9.05. The highest BCUT2D eigenvalue weighted by Crippen LogP contribution is 2.39. The van der Waals surface area contributed by atoms with E-state index in [1.165, 1.54) is 18.4 Å². The predicted molar refractivity (Wildman–Crippen MR) is 133 cm³/mol. The lowest BCUT2D eigenvalue weighted by Crippen LogP contribution is -2.34. The van der Waals surface area contributed by atoms with Crippen LogP contribution >= 0.6 is 23.6 Å². The van der Waals surface area contributed by atoms with Crippen LogP contribution < -0.4 is 15.4 Å².